The van der Waals surface area contributed by atoms with Gasteiger partial charge in [0.05, 0.1) is 5.54 Å². The first kappa shape index (κ1) is 9.92. The molecule has 0 N–H and O–H groups in total. The van der Waals surface area contributed by atoms with Gasteiger partial charge in [0.1, 0.15) is 0 Å². The molecular formula is C12H19NO. The summed E-state index contributed by atoms with van der Waals surface area (Å²) in [6, 6.07) is 0. The minimum Gasteiger partial charge on any atom is -0.211 e. The first-order chi connectivity index (χ1) is 6.58. The van der Waals surface area contributed by atoms with Crippen molar-refractivity contribution >= 4 is 6.08 Å². The summed E-state index contributed by atoms with van der Waals surface area (Å²) in [5, 5.41) is 0. The number of hydrogen-bond acceptors (Lipinski definition) is 2. The van der Waals surface area contributed by atoms with E-state index in [2.05, 4.69) is 18.8 Å². The number of aliphatic imine (C=N–C) groups is 1. The van der Waals surface area contributed by atoms with Crippen LogP contribution in [0.5, 0.6) is 0 Å². The van der Waals surface area contributed by atoms with Crippen LogP contribution in [0.3, 0.4) is 0 Å². The molecule has 0 aromatic rings. The predicted octanol–water partition coefficient (Wildman–Crippen LogP) is 3.07. The maximum Gasteiger partial charge on any atom is 0.235 e. The van der Waals surface area contributed by atoms with Crippen LogP contribution >= 0.6 is 0 Å². The molecule has 2 heteroatoms. The quantitative estimate of drug-likeness (QED) is 0.489. The maximum absolute atomic E-state index is 10.5. The van der Waals surface area contributed by atoms with Crippen LogP contribution < -0.4 is 0 Å². The SMILES string of the molecule is CC1(C)CC(N=C=O)(C2CCCC2)C1. The first-order valence-electron chi connectivity index (χ1n) is 5.67. The van der Waals surface area contributed by atoms with Crippen molar-refractivity contribution in [3.63, 3.8) is 0 Å². The highest BCUT2D eigenvalue weighted by molar-refractivity contribution is 5.36. The van der Waals surface area contributed by atoms with Crippen molar-refractivity contribution in [1.29, 1.82) is 0 Å². The molecule has 2 saturated carbocycles. The summed E-state index contributed by atoms with van der Waals surface area (Å²) in [5.74, 6) is 0.664. The van der Waals surface area contributed by atoms with Gasteiger partial charge in [0, 0.05) is 0 Å². The monoisotopic (exact) mass is 193 g/mol. The Bertz CT molecular complexity index is 262. The zero-order valence-electron chi connectivity index (χ0n) is 9.18. The second-order valence-corrected chi connectivity index (χ2v) is 5.81. The van der Waals surface area contributed by atoms with E-state index in [-0.39, 0.29) is 5.54 Å². The molecule has 0 heterocycles. The molecule has 0 amide bonds. The van der Waals surface area contributed by atoms with Crippen molar-refractivity contribution in [1.82, 2.24) is 0 Å². The standard InChI is InChI=1S/C12H19NO/c1-11(2)7-12(8-11,13-9-14)10-5-3-4-6-10/h10H,3-8H2,1-2H3. The smallest absolute Gasteiger partial charge is 0.211 e. The van der Waals surface area contributed by atoms with Crippen LogP contribution in [-0.2, 0) is 4.79 Å². The molecule has 0 bridgehead atoms. The van der Waals surface area contributed by atoms with E-state index >= 15 is 0 Å². The fraction of sp³-hybridized carbons (Fsp3) is 0.917. The van der Waals surface area contributed by atoms with Crippen molar-refractivity contribution in [2.75, 3.05) is 0 Å². The summed E-state index contributed by atoms with van der Waals surface area (Å²) in [4.78, 5) is 14.6. The van der Waals surface area contributed by atoms with E-state index in [0.717, 1.165) is 12.8 Å². The van der Waals surface area contributed by atoms with Crippen molar-refractivity contribution < 1.29 is 4.79 Å². The van der Waals surface area contributed by atoms with Gasteiger partial charge in [0.2, 0.25) is 6.08 Å². The molecule has 0 atom stereocenters. The summed E-state index contributed by atoms with van der Waals surface area (Å²) in [7, 11) is 0. The summed E-state index contributed by atoms with van der Waals surface area (Å²) >= 11 is 0. The average molecular weight is 193 g/mol. The lowest BCUT2D eigenvalue weighted by Crippen LogP contribution is -2.52. The minimum atomic E-state index is -0.0122. The second kappa shape index (κ2) is 3.20. The lowest BCUT2D eigenvalue weighted by Gasteiger charge is -2.53. The zero-order chi connectivity index (χ0) is 10.2. The molecule has 0 aromatic carbocycles. The molecule has 2 nitrogen and oxygen atoms in total. The highest BCUT2D eigenvalue weighted by Crippen LogP contribution is 2.57. The van der Waals surface area contributed by atoms with Gasteiger partial charge in [-0.05, 0) is 37.0 Å². The average Bonchev–Trinajstić information content (AvgIpc) is 2.52. The highest BCUT2D eigenvalue weighted by Gasteiger charge is 2.54. The third-order valence-corrected chi connectivity index (χ3v) is 3.95. The van der Waals surface area contributed by atoms with E-state index in [1.165, 1.54) is 25.7 Å². The molecule has 14 heavy (non-hydrogen) atoms. The topological polar surface area (TPSA) is 29.4 Å². The molecule has 2 rings (SSSR count). The Kier molecular flexibility index (Phi) is 2.27. The summed E-state index contributed by atoms with van der Waals surface area (Å²) in [5.41, 5.74) is 0.380. The molecule has 78 valence electrons. The van der Waals surface area contributed by atoms with Crippen molar-refractivity contribution in [2.24, 2.45) is 16.3 Å². The van der Waals surface area contributed by atoms with E-state index in [1.807, 2.05) is 0 Å². The molecule has 2 aliphatic rings. The lowest BCUT2D eigenvalue weighted by atomic mass is 9.55. The van der Waals surface area contributed by atoms with E-state index < -0.39 is 0 Å². The molecule has 0 spiro atoms. The minimum absolute atomic E-state index is 0.0122. The van der Waals surface area contributed by atoms with Gasteiger partial charge in [-0.2, -0.15) is 4.99 Å². The number of hydrogen-bond donors (Lipinski definition) is 0. The van der Waals surface area contributed by atoms with Crippen LogP contribution in [0.15, 0.2) is 4.99 Å². The van der Waals surface area contributed by atoms with Gasteiger partial charge in [-0.1, -0.05) is 26.7 Å². The summed E-state index contributed by atoms with van der Waals surface area (Å²) < 4.78 is 0. The lowest BCUT2D eigenvalue weighted by molar-refractivity contribution is 0.0205. The summed E-state index contributed by atoms with van der Waals surface area (Å²) in [6.07, 6.45) is 9.14. The van der Waals surface area contributed by atoms with Crippen molar-refractivity contribution in [3.05, 3.63) is 0 Å². The Morgan fingerprint density at radius 2 is 1.79 bits per heavy atom. The van der Waals surface area contributed by atoms with Gasteiger partial charge in [-0.15, -0.1) is 0 Å². The fourth-order valence-electron chi connectivity index (χ4n) is 3.62. The maximum atomic E-state index is 10.5. The van der Waals surface area contributed by atoms with Gasteiger partial charge in [0.25, 0.3) is 0 Å². The summed E-state index contributed by atoms with van der Waals surface area (Å²) in [6.45, 7) is 4.53. The molecule has 0 saturated heterocycles. The third kappa shape index (κ3) is 1.52. The third-order valence-electron chi connectivity index (χ3n) is 3.95. The molecule has 0 aromatic heterocycles. The van der Waals surface area contributed by atoms with Gasteiger partial charge in [-0.3, -0.25) is 0 Å². The molecular weight excluding hydrogens is 174 g/mol. The number of nitrogens with zero attached hydrogens (tertiary/aromatic N) is 1. The number of rotatable bonds is 2. The Balaban J connectivity index is 2.13. The van der Waals surface area contributed by atoms with Crippen LogP contribution in [0.1, 0.15) is 52.4 Å². The Morgan fingerprint density at radius 1 is 1.21 bits per heavy atom. The van der Waals surface area contributed by atoms with Crippen LogP contribution in [0.25, 0.3) is 0 Å². The number of carbonyl (C=O) groups excluding carboxylic acids is 1. The van der Waals surface area contributed by atoms with Gasteiger partial charge in [-0.25, -0.2) is 4.79 Å². The Labute approximate surface area is 85.8 Å². The fourth-order valence-corrected chi connectivity index (χ4v) is 3.62. The first-order valence-corrected chi connectivity index (χ1v) is 5.67. The predicted molar refractivity (Wildman–Crippen MR) is 55.8 cm³/mol. The van der Waals surface area contributed by atoms with Crippen LogP contribution in [0, 0.1) is 11.3 Å². The Morgan fingerprint density at radius 3 is 2.21 bits per heavy atom. The highest BCUT2D eigenvalue weighted by atomic mass is 16.1. The van der Waals surface area contributed by atoms with Crippen LogP contribution in [-0.4, -0.2) is 11.6 Å². The normalized spacial score (nSPS) is 29.3. The molecule has 2 fully saturated rings. The van der Waals surface area contributed by atoms with E-state index in [1.54, 1.807) is 6.08 Å². The van der Waals surface area contributed by atoms with Crippen molar-refractivity contribution in [2.45, 2.75) is 57.9 Å². The molecule has 2 aliphatic carbocycles. The van der Waals surface area contributed by atoms with E-state index in [4.69, 9.17) is 0 Å². The van der Waals surface area contributed by atoms with E-state index in [9.17, 15) is 4.79 Å². The molecule has 0 radical (unpaired) electrons. The van der Waals surface area contributed by atoms with Gasteiger partial charge in [0.15, 0.2) is 0 Å². The zero-order valence-corrected chi connectivity index (χ0v) is 9.18. The molecule has 0 aliphatic heterocycles. The van der Waals surface area contributed by atoms with Crippen LogP contribution in [0.2, 0.25) is 0 Å². The second-order valence-electron chi connectivity index (χ2n) is 5.81. The van der Waals surface area contributed by atoms with Crippen LogP contribution in [0.4, 0.5) is 0 Å². The van der Waals surface area contributed by atoms with Crippen molar-refractivity contribution in [3.8, 4) is 0 Å². The number of isocyanates is 1. The molecule has 0 unspecified atom stereocenters. The Hall–Kier alpha value is -0.620. The van der Waals surface area contributed by atoms with E-state index in [0.29, 0.717) is 11.3 Å². The largest absolute Gasteiger partial charge is 0.235 e. The van der Waals surface area contributed by atoms with Gasteiger partial charge >= 0.3 is 0 Å². The van der Waals surface area contributed by atoms with Gasteiger partial charge < -0.3 is 0 Å².